The van der Waals surface area contributed by atoms with Gasteiger partial charge >= 0.3 is 0 Å². The monoisotopic (exact) mass is 426 g/mol. The predicted molar refractivity (Wildman–Crippen MR) is 114 cm³/mol. The number of hydrogen-bond donors (Lipinski definition) is 1. The molecular formula is C23H23ClN2O4. The second-order valence-electron chi connectivity index (χ2n) is 6.81. The lowest BCUT2D eigenvalue weighted by atomic mass is 10.1. The molecule has 0 aliphatic carbocycles. The van der Waals surface area contributed by atoms with Gasteiger partial charge in [-0.15, -0.1) is 0 Å². The van der Waals surface area contributed by atoms with E-state index in [1.165, 1.54) is 13.2 Å². The Morgan fingerprint density at radius 1 is 1.33 bits per heavy atom. The van der Waals surface area contributed by atoms with Gasteiger partial charge in [0.1, 0.15) is 18.2 Å². The highest BCUT2D eigenvalue weighted by molar-refractivity contribution is 6.31. The van der Waals surface area contributed by atoms with Gasteiger partial charge in [-0.2, -0.15) is 5.26 Å². The molecule has 1 aliphatic rings. The van der Waals surface area contributed by atoms with Gasteiger partial charge in [0.25, 0.3) is 5.91 Å². The van der Waals surface area contributed by atoms with Crippen LogP contribution in [0.1, 0.15) is 24.0 Å². The van der Waals surface area contributed by atoms with E-state index in [1.54, 1.807) is 24.3 Å². The van der Waals surface area contributed by atoms with Crippen LogP contribution in [0.3, 0.4) is 0 Å². The molecule has 7 heteroatoms. The van der Waals surface area contributed by atoms with Crippen molar-refractivity contribution in [1.82, 2.24) is 5.32 Å². The van der Waals surface area contributed by atoms with Crippen molar-refractivity contribution in [2.75, 3.05) is 20.3 Å². The number of rotatable bonds is 8. The fourth-order valence-corrected chi connectivity index (χ4v) is 3.28. The molecule has 1 aliphatic heterocycles. The summed E-state index contributed by atoms with van der Waals surface area (Å²) < 4.78 is 16.7. The Bertz CT molecular complexity index is 962. The number of nitrogens with one attached hydrogen (secondary N) is 1. The number of halogens is 1. The van der Waals surface area contributed by atoms with Crippen LogP contribution in [0.5, 0.6) is 11.5 Å². The van der Waals surface area contributed by atoms with Crippen LogP contribution in [-0.2, 0) is 16.1 Å². The number of benzene rings is 2. The first-order chi connectivity index (χ1) is 14.6. The van der Waals surface area contributed by atoms with Gasteiger partial charge in [0, 0.05) is 23.7 Å². The molecule has 1 N–H and O–H groups in total. The molecule has 156 valence electrons. The third kappa shape index (κ3) is 5.76. The van der Waals surface area contributed by atoms with Crippen LogP contribution in [0.2, 0.25) is 5.02 Å². The van der Waals surface area contributed by atoms with E-state index >= 15 is 0 Å². The maximum atomic E-state index is 12.3. The van der Waals surface area contributed by atoms with Crippen molar-refractivity contribution >= 4 is 23.6 Å². The molecule has 2 aromatic rings. The van der Waals surface area contributed by atoms with Crippen LogP contribution in [0, 0.1) is 11.3 Å². The van der Waals surface area contributed by atoms with Crippen molar-refractivity contribution in [2.45, 2.75) is 25.6 Å². The summed E-state index contributed by atoms with van der Waals surface area (Å²) in [6.07, 6.45) is 3.44. The van der Waals surface area contributed by atoms with Gasteiger partial charge in [-0.3, -0.25) is 4.79 Å². The van der Waals surface area contributed by atoms with Gasteiger partial charge in [-0.25, -0.2) is 0 Å². The summed E-state index contributed by atoms with van der Waals surface area (Å²) in [5.74, 6) is 0.606. The Morgan fingerprint density at radius 2 is 2.17 bits per heavy atom. The first kappa shape index (κ1) is 21.7. The summed E-state index contributed by atoms with van der Waals surface area (Å²) in [5, 5.41) is 12.8. The third-order valence-corrected chi connectivity index (χ3v) is 5.09. The largest absolute Gasteiger partial charge is 0.493 e. The lowest BCUT2D eigenvalue weighted by Crippen LogP contribution is -2.32. The molecule has 3 rings (SSSR count). The molecule has 30 heavy (non-hydrogen) atoms. The van der Waals surface area contributed by atoms with E-state index in [4.69, 9.17) is 25.8 Å². The maximum absolute atomic E-state index is 12.3. The zero-order valence-corrected chi connectivity index (χ0v) is 17.4. The van der Waals surface area contributed by atoms with Crippen molar-refractivity contribution < 1.29 is 19.0 Å². The van der Waals surface area contributed by atoms with E-state index in [0.717, 1.165) is 18.4 Å². The fraction of sp³-hybridized carbons (Fsp3) is 0.304. The lowest BCUT2D eigenvalue weighted by molar-refractivity contribution is -0.117. The van der Waals surface area contributed by atoms with Crippen LogP contribution in [-0.4, -0.2) is 32.3 Å². The first-order valence-corrected chi connectivity index (χ1v) is 10.0. The van der Waals surface area contributed by atoms with Gasteiger partial charge in [0.05, 0.1) is 13.2 Å². The third-order valence-electron chi connectivity index (χ3n) is 4.72. The average Bonchev–Trinajstić information content (AvgIpc) is 3.29. The van der Waals surface area contributed by atoms with Crippen LogP contribution in [0.15, 0.2) is 48.0 Å². The SMILES string of the molecule is COc1cc(/C=C(\C#N)C(=O)NCC2CCCO2)ccc1OCc1ccccc1Cl. The molecular weight excluding hydrogens is 404 g/mol. The van der Waals surface area contributed by atoms with Gasteiger partial charge < -0.3 is 19.5 Å². The average molecular weight is 427 g/mol. The Hall–Kier alpha value is -3.01. The van der Waals surface area contributed by atoms with E-state index < -0.39 is 5.91 Å². The summed E-state index contributed by atoms with van der Waals surface area (Å²) in [5.41, 5.74) is 1.53. The number of carbonyl (C=O) groups excluding carboxylic acids is 1. The van der Waals surface area contributed by atoms with Crippen LogP contribution < -0.4 is 14.8 Å². The van der Waals surface area contributed by atoms with Crippen molar-refractivity contribution in [3.63, 3.8) is 0 Å². The smallest absolute Gasteiger partial charge is 0.262 e. The fourth-order valence-electron chi connectivity index (χ4n) is 3.09. The van der Waals surface area contributed by atoms with Crippen molar-refractivity contribution in [3.05, 3.63) is 64.2 Å². The quantitative estimate of drug-likeness (QED) is 0.507. The number of carbonyl (C=O) groups is 1. The Balaban J connectivity index is 1.68. The predicted octanol–water partition coefficient (Wildman–Crippen LogP) is 4.13. The van der Waals surface area contributed by atoms with E-state index in [9.17, 15) is 10.1 Å². The molecule has 2 aromatic carbocycles. The summed E-state index contributed by atoms with van der Waals surface area (Å²) in [7, 11) is 1.53. The van der Waals surface area contributed by atoms with Gasteiger partial charge in [-0.05, 0) is 42.7 Å². The van der Waals surface area contributed by atoms with Crippen LogP contribution in [0.25, 0.3) is 6.08 Å². The molecule has 1 fully saturated rings. The minimum atomic E-state index is -0.425. The highest BCUT2D eigenvalue weighted by Gasteiger charge is 2.18. The van der Waals surface area contributed by atoms with Crippen molar-refractivity contribution in [2.24, 2.45) is 0 Å². The molecule has 6 nitrogen and oxygen atoms in total. The number of nitriles is 1. The second-order valence-corrected chi connectivity index (χ2v) is 7.21. The number of ether oxygens (including phenoxy) is 3. The molecule has 1 saturated heterocycles. The lowest BCUT2D eigenvalue weighted by Gasteiger charge is -2.12. The highest BCUT2D eigenvalue weighted by atomic mass is 35.5. The summed E-state index contributed by atoms with van der Waals surface area (Å²) in [4.78, 5) is 12.3. The van der Waals surface area contributed by atoms with E-state index in [-0.39, 0.29) is 11.7 Å². The summed E-state index contributed by atoms with van der Waals surface area (Å²) >= 11 is 6.16. The molecule has 0 aromatic heterocycles. The van der Waals surface area contributed by atoms with Gasteiger partial charge in [-0.1, -0.05) is 35.9 Å². The molecule has 1 atom stereocenters. The van der Waals surface area contributed by atoms with Crippen molar-refractivity contribution in [1.29, 1.82) is 5.26 Å². The molecule has 0 spiro atoms. The summed E-state index contributed by atoms with van der Waals surface area (Å²) in [6, 6.07) is 14.6. The maximum Gasteiger partial charge on any atom is 0.262 e. The highest BCUT2D eigenvalue weighted by Crippen LogP contribution is 2.30. The zero-order valence-electron chi connectivity index (χ0n) is 16.7. The minimum absolute atomic E-state index is 0.0137. The Morgan fingerprint density at radius 3 is 2.87 bits per heavy atom. The number of nitrogens with zero attached hydrogens (tertiary/aromatic N) is 1. The van der Waals surface area contributed by atoms with Crippen LogP contribution >= 0.6 is 11.6 Å². The zero-order chi connectivity index (χ0) is 21.3. The number of methoxy groups -OCH3 is 1. The second kappa shape index (κ2) is 10.7. The van der Waals surface area contributed by atoms with E-state index in [0.29, 0.717) is 41.8 Å². The number of amides is 1. The molecule has 0 bridgehead atoms. The van der Waals surface area contributed by atoms with Crippen molar-refractivity contribution in [3.8, 4) is 17.6 Å². The molecule has 1 unspecified atom stereocenters. The Labute approximate surface area is 181 Å². The van der Waals surface area contributed by atoms with Gasteiger partial charge in [0.15, 0.2) is 11.5 Å². The topological polar surface area (TPSA) is 80.6 Å². The standard InChI is InChI=1S/C23H23ClN2O4/c1-28-22-12-16(8-9-21(22)30-15-17-5-2-3-7-20(17)24)11-18(13-25)23(27)26-14-19-6-4-10-29-19/h2-3,5,7-9,11-12,19H,4,6,10,14-15H2,1H3,(H,26,27)/b18-11+. The Kier molecular flexibility index (Phi) is 7.72. The summed E-state index contributed by atoms with van der Waals surface area (Å²) in [6.45, 7) is 1.41. The van der Waals surface area contributed by atoms with E-state index in [1.807, 2.05) is 24.3 Å². The normalized spacial score (nSPS) is 16.0. The van der Waals surface area contributed by atoms with Crippen LogP contribution in [0.4, 0.5) is 0 Å². The first-order valence-electron chi connectivity index (χ1n) is 9.66. The number of hydrogen-bond acceptors (Lipinski definition) is 5. The minimum Gasteiger partial charge on any atom is -0.493 e. The molecule has 1 amide bonds. The molecule has 0 saturated carbocycles. The molecule has 1 heterocycles. The molecule has 0 radical (unpaired) electrons. The van der Waals surface area contributed by atoms with Gasteiger partial charge in [0.2, 0.25) is 0 Å². The van der Waals surface area contributed by atoms with E-state index in [2.05, 4.69) is 5.32 Å².